The fourth-order valence-electron chi connectivity index (χ4n) is 2.15. The Kier molecular flexibility index (Phi) is 3.52. The van der Waals surface area contributed by atoms with Crippen LogP contribution in [0.4, 0.5) is 5.69 Å². The molecule has 0 fully saturated rings. The summed E-state index contributed by atoms with van der Waals surface area (Å²) in [6, 6.07) is 13.5. The number of fused-ring (bicyclic) bond motifs is 1. The number of rotatable bonds is 4. The van der Waals surface area contributed by atoms with Gasteiger partial charge in [-0.3, -0.25) is 0 Å². The normalized spacial score (nSPS) is 11.2. The molecule has 2 aromatic carbocycles. The van der Waals surface area contributed by atoms with E-state index in [-0.39, 0.29) is 0 Å². The second-order valence-corrected chi connectivity index (χ2v) is 5.35. The van der Waals surface area contributed by atoms with Gasteiger partial charge in [0.25, 0.3) is 0 Å². The zero-order valence-electron chi connectivity index (χ0n) is 12.2. The lowest BCUT2D eigenvalue weighted by atomic mass is 10.0. The van der Waals surface area contributed by atoms with E-state index in [0.717, 1.165) is 16.8 Å². The summed E-state index contributed by atoms with van der Waals surface area (Å²) < 4.78 is 11.3. The number of ether oxygens (including phenoxy) is 1. The number of aromatic nitrogens is 1. The highest BCUT2D eigenvalue weighted by Crippen LogP contribution is 2.21. The number of nitrogens with two attached hydrogens (primary N) is 1. The van der Waals surface area contributed by atoms with Crippen molar-refractivity contribution in [1.82, 2.24) is 4.98 Å². The van der Waals surface area contributed by atoms with Gasteiger partial charge in [-0.15, -0.1) is 0 Å². The molecule has 0 aliphatic heterocycles. The predicted molar refractivity (Wildman–Crippen MR) is 83.3 cm³/mol. The van der Waals surface area contributed by atoms with Gasteiger partial charge in [-0.2, -0.15) is 0 Å². The molecule has 0 saturated carbocycles. The molecule has 0 amide bonds. The number of nitrogen functional groups attached to an aromatic ring is 1. The summed E-state index contributed by atoms with van der Waals surface area (Å²) in [5.41, 5.74) is 9.16. The summed E-state index contributed by atoms with van der Waals surface area (Å²) in [6.45, 7) is 4.63. The Bertz CT molecular complexity index is 745. The molecule has 2 N–H and O–H groups in total. The third kappa shape index (κ3) is 2.99. The van der Waals surface area contributed by atoms with Crippen molar-refractivity contribution in [2.75, 3.05) is 5.73 Å². The Morgan fingerprint density at radius 3 is 2.62 bits per heavy atom. The van der Waals surface area contributed by atoms with E-state index in [4.69, 9.17) is 14.9 Å². The molecule has 3 rings (SSSR count). The molecule has 0 aliphatic rings. The van der Waals surface area contributed by atoms with E-state index in [1.807, 2.05) is 18.2 Å². The highest BCUT2D eigenvalue weighted by atomic mass is 16.5. The molecular weight excluding hydrogens is 264 g/mol. The lowest BCUT2D eigenvalue weighted by molar-refractivity contribution is 0.267. The van der Waals surface area contributed by atoms with Crippen LogP contribution >= 0.6 is 0 Å². The predicted octanol–water partition coefficient (Wildman–Crippen LogP) is 4.11. The fourth-order valence-corrected chi connectivity index (χ4v) is 2.15. The van der Waals surface area contributed by atoms with Gasteiger partial charge in [0.1, 0.15) is 11.3 Å². The van der Waals surface area contributed by atoms with E-state index in [1.165, 1.54) is 5.56 Å². The van der Waals surface area contributed by atoms with Crippen molar-refractivity contribution >= 4 is 16.8 Å². The Balaban J connectivity index is 1.71. The highest BCUT2D eigenvalue weighted by Gasteiger charge is 2.07. The summed E-state index contributed by atoms with van der Waals surface area (Å²) in [7, 11) is 0. The Morgan fingerprint density at radius 1 is 1.14 bits per heavy atom. The standard InChI is InChI=1S/C17H18N2O2/c1-11(2)12-3-6-14(7-4-12)20-10-17-19-15-9-13(18)5-8-16(15)21-17/h3-9,11H,10,18H2,1-2H3. The van der Waals surface area contributed by atoms with Crippen molar-refractivity contribution in [3.8, 4) is 5.75 Å². The van der Waals surface area contributed by atoms with E-state index in [9.17, 15) is 0 Å². The fraction of sp³-hybridized carbons (Fsp3) is 0.235. The molecule has 0 atom stereocenters. The second kappa shape index (κ2) is 5.48. The average molecular weight is 282 g/mol. The molecular formula is C17H18N2O2. The van der Waals surface area contributed by atoms with E-state index in [0.29, 0.717) is 24.1 Å². The van der Waals surface area contributed by atoms with Crippen molar-refractivity contribution in [2.24, 2.45) is 0 Å². The SMILES string of the molecule is CC(C)c1ccc(OCc2nc3cc(N)ccc3o2)cc1. The maximum Gasteiger partial charge on any atom is 0.233 e. The monoisotopic (exact) mass is 282 g/mol. The summed E-state index contributed by atoms with van der Waals surface area (Å²) in [5, 5.41) is 0. The van der Waals surface area contributed by atoms with Gasteiger partial charge in [-0.1, -0.05) is 26.0 Å². The van der Waals surface area contributed by atoms with Gasteiger partial charge in [0.2, 0.25) is 5.89 Å². The van der Waals surface area contributed by atoms with Crippen LogP contribution in [0.15, 0.2) is 46.9 Å². The summed E-state index contributed by atoms with van der Waals surface area (Å²) in [5.74, 6) is 1.87. The largest absolute Gasteiger partial charge is 0.484 e. The molecule has 0 unspecified atom stereocenters. The summed E-state index contributed by atoms with van der Waals surface area (Å²) >= 11 is 0. The minimum Gasteiger partial charge on any atom is -0.484 e. The maximum absolute atomic E-state index is 5.72. The van der Waals surface area contributed by atoms with Crippen LogP contribution in [-0.4, -0.2) is 4.98 Å². The van der Waals surface area contributed by atoms with Crippen LogP contribution in [-0.2, 0) is 6.61 Å². The molecule has 4 heteroatoms. The first kappa shape index (κ1) is 13.5. The first-order valence-corrected chi connectivity index (χ1v) is 6.99. The second-order valence-electron chi connectivity index (χ2n) is 5.35. The van der Waals surface area contributed by atoms with Crippen LogP contribution in [0, 0.1) is 0 Å². The molecule has 0 radical (unpaired) electrons. The average Bonchev–Trinajstić information content (AvgIpc) is 2.87. The van der Waals surface area contributed by atoms with Gasteiger partial charge in [-0.25, -0.2) is 4.98 Å². The number of hydrogen-bond acceptors (Lipinski definition) is 4. The van der Waals surface area contributed by atoms with E-state index in [2.05, 4.69) is 31.0 Å². The van der Waals surface area contributed by atoms with Crippen molar-refractivity contribution in [3.63, 3.8) is 0 Å². The molecule has 1 heterocycles. The molecule has 0 saturated heterocycles. The van der Waals surface area contributed by atoms with Crippen molar-refractivity contribution in [2.45, 2.75) is 26.4 Å². The van der Waals surface area contributed by atoms with Crippen LogP contribution in [0.25, 0.3) is 11.1 Å². The molecule has 1 aromatic heterocycles. The van der Waals surface area contributed by atoms with Gasteiger partial charge in [0, 0.05) is 5.69 Å². The van der Waals surface area contributed by atoms with E-state index >= 15 is 0 Å². The molecule has 0 aliphatic carbocycles. The van der Waals surface area contributed by atoms with Crippen molar-refractivity contribution < 1.29 is 9.15 Å². The molecule has 3 aromatic rings. The third-order valence-electron chi connectivity index (χ3n) is 3.36. The van der Waals surface area contributed by atoms with Crippen LogP contribution in [0.5, 0.6) is 5.75 Å². The molecule has 4 nitrogen and oxygen atoms in total. The zero-order chi connectivity index (χ0) is 14.8. The van der Waals surface area contributed by atoms with Crippen LogP contribution in [0.3, 0.4) is 0 Å². The zero-order valence-corrected chi connectivity index (χ0v) is 12.2. The topological polar surface area (TPSA) is 61.3 Å². The molecule has 0 spiro atoms. The molecule has 108 valence electrons. The van der Waals surface area contributed by atoms with Crippen LogP contribution < -0.4 is 10.5 Å². The van der Waals surface area contributed by atoms with Crippen LogP contribution in [0.2, 0.25) is 0 Å². The Morgan fingerprint density at radius 2 is 1.90 bits per heavy atom. The lowest BCUT2D eigenvalue weighted by Crippen LogP contribution is -1.96. The van der Waals surface area contributed by atoms with Gasteiger partial charge in [0.15, 0.2) is 12.2 Å². The van der Waals surface area contributed by atoms with Gasteiger partial charge < -0.3 is 14.9 Å². The van der Waals surface area contributed by atoms with Gasteiger partial charge in [-0.05, 0) is 41.8 Å². The Labute approximate surface area is 123 Å². The first-order chi connectivity index (χ1) is 10.1. The lowest BCUT2D eigenvalue weighted by Gasteiger charge is -2.07. The summed E-state index contributed by atoms with van der Waals surface area (Å²) in [4.78, 5) is 4.36. The number of benzene rings is 2. The minimum absolute atomic E-state index is 0.301. The number of hydrogen-bond donors (Lipinski definition) is 1. The van der Waals surface area contributed by atoms with Gasteiger partial charge >= 0.3 is 0 Å². The smallest absolute Gasteiger partial charge is 0.233 e. The Hall–Kier alpha value is -2.49. The van der Waals surface area contributed by atoms with Crippen LogP contribution in [0.1, 0.15) is 31.2 Å². The maximum atomic E-state index is 5.72. The number of anilines is 1. The highest BCUT2D eigenvalue weighted by molar-refractivity contribution is 5.76. The third-order valence-corrected chi connectivity index (χ3v) is 3.36. The molecule has 0 bridgehead atoms. The first-order valence-electron chi connectivity index (χ1n) is 6.99. The molecule has 21 heavy (non-hydrogen) atoms. The van der Waals surface area contributed by atoms with Gasteiger partial charge in [0.05, 0.1) is 0 Å². The van der Waals surface area contributed by atoms with Crippen molar-refractivity contribution in [1.29, 1.82) is 0 Å². The number of nitrogens with zero attached hydrogens (tertiary/aromatic N) is 1. The van der Waals surface area contributed by atoms with E-state index in [1.54, 1.807) is 12.1 Å². The number of oxazole rings is 1. The minimum atomic E-state index is 0.301. The quantitative estimate of drug-likeness (QED) is 0.731. The van der Waals surface area contributed by atoms with Crippen molar-refractivity contribution in [3.05, 3.63) is 53.9 Å². The summed E-state index contributed by atoms with van der Waals surface area (Å²) in [6.07, 6.45) is 0. The van der Waals surface area contributed by atoms with E-state index < -0.39 is 0 Å².